The van der Waals surface area contributed by atoms with Gasteiger partial charge in [-0.2, -0.15) is 11.8 Å². The largest absolute Gasteiger partial charge is 0.507 e. The van der Waals surface area contributed by atoms with Gasteiger partial charge in [-0.25, -0.2) is 0 Å². The third-order valence-corrected chi connectivity index (χ3v) is 5.45. The predicted molar refractivity (Wildman–Crippen MR) is 112 cm³/mol. The molecule has 0 spiro atoms. The zero-order valence-electron chi connectivity index (χ0n) is 16.6. The Bertz CT molecular complexity index is 534. The zero-order valence-corrected chi connectivity index (χ0v) is 17.4. The van der Waals surface area contributed by atoms with E-state index in [2.05, 4.69) is 12.2 Å². The van der Waals surface area contributed by atoms with Gasteiger partial charge in [-0.15, -0.1) is 0 Å². The Kier molecular flexibility index (Phi) is 12.0. The maximum Gasteiger partial charge on any atom is 0.255 e. The number of nitrogens with one attached hydrogen (secondary N) is 1. The lowest BCUT2D eigenvalue weighted by Gasteiger charge is -2.13. The Morgan fingerprint density at radius 3 is 2.50 bits per heavy atom. The highest BCUT2D eigenvalue weighted by atomic mass is 32.2. The molecule has 148 valence electrons. The Balaban J connectivity index is 2.32. The molecular formula is C21H35NO3S. The summed E-state index contributed by atoms with van der Waals surface area (Å²) >= 11 is 1.88. The number of rotatable bonds is 14. The third-order valence-electron chi connectivity index (χ3n) is 4.38. The second-order valence-corrected chi connectivity index (χ2v) is 7.75. The van der Waals surface area contributed by atoms with Crippen LogP contribution in [0.15, 0.2) is 12.1 Å². The molecule has 0 radical (unpaired) electrons. The minimum absolute atomic E-state index is 0.0448. The summed E-state index contributed by atoms with van der Waals surface area (Å²) in [4.78, 5) is 12.3. The number of amides is 1. The first kappa shape index (κ1) is 22.7. The van der Waals surface area contributed by atoms with Gasteiger partial charge in [0.15, 0.2) is 0 Å². The molecule has 0 atom stereocenters. The van der Waals surface area contributed by atoms with Gasteiger partial charge < -0.3 is 15.2 Å². The van der Waals surface area contributed by atoms with E-state index in [9.17, 15) is 9.90 Å². The number of unbranched alkanes of at least 4 members (excludes halogenated alkanes) is 5. The average molecular weight is 382 g/mol. The van der Waals surface area contributed by atoms with Gasteiger partial charge in [0.25, 0.3) is 5.91 Å². The molecule has 0 aliphatic heterocycles. The first-order chi connectivity index (χ1) is 12.7. The van der Waals surface area contributed by atoms with E-state index in [4.69, 9.17) is 4.74 Å². The molecule has 0 heterocycles. The van der Waals surface area contributed by atoms with E-state index < -0.39 is 0 Å². The summed E-state index contributed by atoms with van der Waals surface area (Å²) in [5.74, 6) is 2.51. The van der Waals surface area contributed by atoms with Crippen LogP contribution in [0.4, 0.5) is 0 Å². The quantitative estimate of drug-likeness (QED) is 0.436. The van der Waals surface area contributed by atoms with Crippen LogP contribution in [0.1, 0.15) is 74.7 Å². The standard InChI is InChI=1S/C21H35NO3S/c1-4-6-7-8-9-10-15-26-16-14-22-21(24)18-12-13-19(25-3)17(11-5-2)20(18)23/h12-13,23H,4-11,14-16H2,1-3H3,(H,22,24). The van der Waals surface area contributed by atoms with Crippen LogP contribution in [0.25, 0.3) is 0 Å². The van der Waals surface area contributed by atoms with Gasteiger partial charge in [-0.3, -0.25) is 4.79 Å². The molecule has 1 aromatic rings. The molecule has 0 saturated carbocycles. The van der Waals surface area contributed by atoms with Gasteiger partial charge in [-0.05, 0) is 30.7 Å². The van der Waals surface area contributed by atoms with Crippen LogP contribution >= 0.6 is 11.8 Å². The number of carbonyl (C=O) groups is 1. The van der Waals surface area contributed by atoms with Crippen molar-refractivity contribution in [2.75, 3.05) is 25.2 Å². The molecule has 0 aliphatic carbocycles. The number of ether oxygens (including phenoxy) is 1. The SMILES string of the molecule is CCCCCCCCSCCNC(=O)c1ccc(OC)c(CCC)c1O. The fourth-order valence-electron chi connectivity index (χ4n) is 2.90. The molecule has 1 rings (SSSR count). The van der Waals surface area contributed by atoms with Gasteiger partial charge in [-0.1, -0.05) is 52.4 Å². The van der Waals surface area contributed by atoms with Crippen molar-refractivity contribution in [2.24, 2.45) is 0 Å². The van der Waals surface area contributed by atoms with Crippen molar-refractivity contribution >= 4 is 17.7 Å². The van der Waals surface area contributed by atoms with Crippen molar-refractivity contribution in [2.45, 2.75) is 65.2 Å². The number of hydrogen-bond acceptors (Lipinski definition) is 4. The molecule has 0 unspecified atom stereocenters. The molecule has 0 saturated heterocycles. The monoisotopic (exact) mass is 381 g/mol. The highest BCUT2D eigenvalue weighted by molar-refractivity contribution is 7.99. The number of methoxy groups -OCH3 is 1. The summed E-state index contributed by atoms with van der Waals surface area (Å²) < 4.78 is 5.29. The first-order valence-electron chi connectivity index (χ1n) is 9.90. The summed E-state index contributed by atoms with van der Waals surface area (Å²) in [7, 11) is 1.58. The summed E-state index contributed by atoms with van der Waals surface area (Å²) in [6.45, 7) is 4.89. The van der Waals surface area contributed by atoms with Crippen molar-refractivity contribution in [3.8, 4) is 11.5 Å². The van der Waals surface area contributed by atoms with E-state index in [1.165, 1.54) is 38.5 Å². The maximum absolute atomic E-state index is 12.3. The van der Waals surface area contributed by atoms with Crippen molar-refractivity contribution < 1.29 is 14.6 Å². The molecule has 0 aliphatic rings. The summed E-state index contributed by atoms with van der Waals surface area (Å²) in [5.41, 5.74) is 1.04. The molecule has 2 N–H and O–H groups in total. The van der Waals surface area contributed by atoms with E-state index in [0.29, 0.717) is 29.8 Å². The second-order valence-electron chi connectivity index (χ2n) is 6.53. The topological polar surface area (TPSA) is 58.6 Å². The molecule has 0 fully saturated rings. The number of phenolic OH excluding ortho intramolecular Hbond substituents is 1. The van der Waals surface area contributed by atoms with Crippen molar-refractivity contribution in [3.05, 3.63) is 23.3 Å². The van der Waals surface area contributed by atoms with Crippen LogP contribution < -0.4 is 10.1 Å². The van der Waals surface area contributed by atoms with Crippen LogP contribution in [0.2, 0.25) is 0 Å². The lowest BCUT2D eigenvalue weighted by molar-refractivity contribution is 0.0953. The van der Waals surface area contributed by atoms with Crippen LogP contribution in [0.5, 0.6) is 11.5 Å². The van der Waals surface area contributed by atoms with Gasteiger partial charge >= 0.3 is 0 Å². The zero-order chi connectivity index (χ0) is 19.2. The van der Waals surface area contributed by atoms with Crippen molar-refractivity contribution in [1.29, 1.82) is 0 Å². The van der Waals surface area contributed by atoms with E-state index in [1.54, 1.807) is 19.2 Å². The molecule has 5 heteroatoms. The molecular weight excluding hydrogens is 346 g/mol. The Morgan fingerprint density at radius 1 is 1.08 bits per heavy atom. The van der Waals surface area contributed by atoms with Crippen LogP contribution in [0.3, 0.4) is 0 Å². The molecule has 4 nitrogen and oxygen atoms in total. The van der Waals surface area contributed by atoms with Crippen molar-refractivity contribution in [1.82, 2.24) is 5.32 Å². The van der Waals surface area contributed by atoms with E-state index in [0.717, 1.165) is 17.9 Å². The van der Waals surface area contributed by atoms with Gasteiger partial charge in [0.2, 0.25) is 0 Å². The maximum atomic E-state index is 12.3. The summed E-state index contributed by atoms with van der Waals surface area (Å²) in [6, 6.07) is 3.39. The number of thioether (sulfide) groups is 1. The van der Waals surface area contributed by atoms with E-state index >= 15 is 0 Å². The normalized spacial score (nSPS) is 10.7. The van der Waals surface area contributed by atoms with Gasteiger partial charge in [0.05, 0.1) is 12.7 Å². The molecule has 0 bridgehead atoms. The molecule has 1 amide bonds. The third kappa shape index (κ3) is 7.90. The number of benzene rings is 1. The molecule has 26 heavy (non-hydrogen) atoms. The summed E-state index contributed by atoms with van der Waals surface area (Å²) in [6.07, 6.45) is 9.44. The van der Waals surface area contributed by atoms with E-state index in [-0.39, 0.29) is 11.7 Å². The number of carbonyl (C=O) groups excluding carboxylic acids is 1. The second kappa shape index (κ2) is 13.8. The Labute approximate surface area is 163 Å². The fraction of sp³-hybridized carbons (Fsp3) is 0.667. The van der Waals surface area contributed by atoms with Crippen LogP contribution in [-0.4, -0.2) is 36.2 Å². The lowest BCUT2D eigenvalue weighted by Crippen LogP contribution is -2.26. The van der Waals surface area contributed by atoms with Gasteiger partial charge in [0.1, 0.15) is 11.5 Å². The smallest absolute Gasteiger partial charge is 0.255 e. The average Bonchev–Trinajstić information content (AvgIpc) is 2.64. The first-order valence-corrected chi connectivity index (χ1v) is 11.1. The van der Waals surface area contributed by atoms with Crippen LogP contribution in [0, 0.1) is 0 Å². The fourth-order valence-corrected chi connectivity index (χ4v) is 3.76. The highest BCUT2D eigenvalue weighted by Crippen LogP contribution is 2.32. The lowest BCUT2D eigenvalue weighted by atomic mass is 10.0. The van der Waals surface area contributed by atoms with Crippen molar-refractivity contribution in [3.63, 3.8) is 0 Å². The molecule has 0 aromatic heterocycles. The van der Waals surface area contributed by atoms with Crippen LogP contribution in [-0.2, 0) is 6.42 Å². The minimum atomic E-state index is -0.220. The highest BCUT2D eigenvalue weighted by Gasteiger charge is 2.17. The Morgan fingerprint density at radius 2 is 1.81 bits per heavy atom. The predicted octanol–water partition coefficient (Wildman–Crippen LogP) is 5.18. The van der Waals surface area contributed by atoms with E-state index in [1.807, 2.05) is 18.7 Å². The summed E-state index contributed by atoms with van der Waals surface area (Å²) in [5, 5.41) is 13.3. The minimum Gasteiger partial charge on any atom is -0.507 e. The molecule has 1 aromatic carbocycles. The number of phenols is 1. The van der Waals surface area contributed by atoms with Gasteiger partial charge in [0, 0.05) is 17.9 Å². The number of aromatic hydroxyl groups is 1. The Hall–Kier alpha value is -1.36. The number of hydrogen-bond donors (Lipinski definition) is 2.